The van der Waals surface area contributed by atoms with Gasteiger partial charge in [0.2, 0.25) is 5.91 Å². The molecule has 2 amide bonds. The summed E-state index contributed by atoms with van der Waals surface area (Å²) >= 11 is 0. The van der Waals surface area contributed by atoms with Gasteiger partial charge in [-0.15, -0.1) is 0 Å². The highest BCUT2D eigenvalue weighted by molar-refractivity contribution is 5.92. The quantitative estimate of drug-likeness (QED) is 0.849. The van der Waals surface area contributed by atoms with E-state index in [9.17, 15) is 9.59 Å². The Bertz CT molecular complexity index is 686. The Balaban J connectivity index is 1.23. The van der Waals surface area contributed by atoms with E-state index in [0.29, 0.717) is 28.9 Å². The van der Waals surface area contributed by atoms with Gasteiger partial charge in [0, 0.05) is 38.3 Å². The maximum absolute atomic E-state index is 12.6. The first-order valence-corrected chi connectivity index (χ1v) is 10.1. The molecule has 0 radical (unpaired) electrons. The van der Waals surface area contributed by atoms with Crippen LogP contribution >= 0.6 is 0 Å². The molecule has 4 rings (SSSR count). The van der Waals surface area contributed by atoms with Crippen molar-refractivity contribution >= 4 is 11.8 Å². The minimum Gasteiger partial charge on any atom is -0.348 e. The third kappa shape index (κ3) is 3.51. The second-order valence-electron chi connectivity index (χ2n) is 8.72. The lowest BCUT2D eigenvalue weighted by molar-refractivity contribution is -0.132. The molecule has 6 heteroatoms. The Morgan fingerprint density at radius 1 is 1.38 bits per heavy atom. The molecule has 0 bridgehead atoms. The summed E-state index contributed by atoms with van der Waals surface area (Å²) in [5, 5.41) is 3.06. The van der Waals surface area contributed by atoms with E-state index in [1.807, 2.05) is 23.3 Å². The predicted octanol–water partition coefficient (Wildman–Crippen LogP) is 2.45. The number of likely N-dealkylation sites (tertiary alicyclic amines) is 1. The van der Waals surface area contributed by atoms with Crippen LogP contribution in [-0.4, -0.2) is 45.4 Å². The molecule has 2 saturated carbocycles. The van der Waals surface area contributed by atoms with Gasteiger partial charge in [0.05, 0.1) is 6.33 Å². The molecule has 1 aromatic heterocycles. The smallest absolute Gasteiger partial charge is 0.271 e. The van der Waals surface area contributed by atoms with E-state index in [1.165, 1.54) is 25.7 Å². The molecule has 1 N–H and O–H groups in total. The first-order chi connectivity index (χ1) is 12.5. The lowest BCUT2D eigenvalue weighted by atomic mass is 9.70. The van der Waals surface area contributed by atoms with Gasteiger partial charge in [-0.05, 0) is 63.2 Å². The molecule has 3 aliphatic rings. The topological polar surface area (TPSA) is 67.2 Å². The number of hydrogen-bond donors (Lipinski definition) is 1. The van der Waals surface area contributed by atoms with E-state index in [-0.39, 0.29) is 11.9 Å². The molecule has 2 heterocycles. The van der Waals surface area contributed by atoms with Crippen LogP contribution < -0.4 is 5.32 Å². The molecule has 2 atom stereocenters. The van der Waals surface area contributed by atoms with E-state index in [1.54, 1.807) is 12.5 Å². The Morgan fingerprint density at radius 3 is 2.81 bits per heavy atom. The molecule has 142 valence electrons. The maximum atomic E-state index is 12.6. The zero-order valence-corrected chi connectivity index (χ0v) is 15.9. The van der Waals surface area contributed by atoms with Crippen LogP contribution in [0.15, 0.2) is 12.5 Å². The molecule has 6 nitrogen and oxygen atoms in total. The second kappa shape index (κ2) is 6.71. The van der Waals surface area contributed by atoms with Gasteiger partial charge in [0.1, 0.15) is 5.69 Å². The van der Waals surface area contributed by atoms with Gasteiger partial charge in [0.15, 0.2) is 0 Å². The van der Waals surface area contributed by atoms with Crippen LogP contribution in [0.3, 0.4) is 0 Å². The summed E-state index contributed by atoms with van der Waals surface area (Å²) in [7, 11) is 0. The second-order valence-corrected chi connectivity index (χ2v) is 8.72. The number of imidazole rings is 1. The van der Waals surface area contributed by atoms with Crippen LogP contribution in [0.4, 0.5) is 0 Å². The average molecular weight is 358 g/mol. The summed E-state index contributed by atoms with van der Waals surface area (Å²) < 4.78 is 1.89. The molecular weight excluding hydrogens is 328 g/mol. The van der Waals surface area contributed by atoms with E-state index < -0.39 is 0 Å². The summed E-state index contributed by atoms with van der Waals surface area (Å²) in [6.07, 6.45) is 10.5. The maximum Gasteiger partial charge on any atom is 0.271 e. The Kier molecular flexibility index (Phi) is 4.53. The zero-order chi connectivity index (χ0) is 18.3. The number of carbonyl (C=O) groups is 2. The molecule has 26 heavy (non-hydrogen) atoms. The van der Waals surface area contributed by atoms with Crippen LogP contribution in [-0.2, 0) is 11.3 Å². The molecular formula is C20H30N4O2. The number of amides is 2. The number of aryl methyl sites for hydroxylation is 1. The van der Waals surface area contributed by atoms with Gasteiger partial charge in [-0.3, -0.25) is 9.59 Å². The first kappa shape index (κ1) is 17.6. The van der Waals surface area contributed by atoms with Crippen LogP contribution in [0.1, 0.15) is 62.9 Å². The average Bonchev–Trinajstić information content (AvgIpc) is 3.05. The highest BCUT2D eigenvalue weighted by atomic mass is 16.2. The summed E-state index contributed by atoms with van der Waals surface area (Å²) in [6, 6.07) is 0.0468. The highest BCUT2D eigenvalue weighted by Crippen LogP contribution is 2.64. The molecule has 3 fully saturated rings. The fourth-order valence-corrected chi connectivity index (χ4v) is 4.74. The van der Waals surface area contributed by atoms with Gasteiger partial charge in [-0.1, -0.05) is 0 Å². The van der Waals surface area contributed by atoms with Gasteiger partial charge >= 0.3 is 0 Å². The number of hydrogen-bond acceptors (Lipinski definition) is 3. The zero-order valence-electron chi connectivity index (χ0n) is 15.9. The van der Waals surface area contributed by atoms with Crippen molar-refractivity contribution in [2.75, 3.05) is 13.1 Å². The summed E-state index contributed by atoms with van der Waals surface area (Å²) in [4.78, 5) is 31.1. The van der Waals surface area contributed by atoms with Gasteiger partial charge < -0.3 is 14.8 Å². The molecule has 1 aromatic rings. The van der Waals surface area contributed by atoms with Crippen LogP contribution in [0.25, 0.3) is 0 Å². The fraction of sp³-hybridized carbons (Fsp3) is 0.750. The van der Waals surface area contributed by atoms with Crippen molar-refractivity contribution in [1.29, 1.82) is 0 Å². The largest absolute Gasteiger partial charge is 0.348 e. The van der Waals surface area contributed by atoms with E-state index in [4.69, 9.17) is 0 Å². The SMILES string of the molecule is CCn1cnc(C(=O)NC(C)C2CCN(C(=O)CC3CC4(CC4)C3)C2)c1. The van der Waals surface area contributed by atoms with E-state index >= 15 is 0 Å². The molecule has 1 spiro atoms. The van der Waals surface area contributed by atoms with Gasteiger partial charge in [-0.2, -0.15) is 0 Å². The normalized spacial score (nSPS) is 25.2. The van der Waals surface area contributed by atoms with E-state index in [0.717, 1.165) is 32.5 Å². The number of carbonyl (C=O) groups excluding carboxylic acids is 2. The lowest BCUT2D eigenvalue weighted by Gasteiger charge is -2.36. The number of aromatic nitrogens is 2. The van der Waals surface area contributed by atoms with E-state index in [2.05, 4.69) is 10.3 Å². The molecule has 0 aromatic carbocycles. The number of nitrogens with zero attached hydrogens (tertiary/aromatic N) is 3. The van der Waals surface area contributed by atoms with Crippen molar-refractivity contribution in [2.24, 2.45) is 17.3 Å². The third-order valence-electron chi connectivity index (χ3n) is 6.74. The minimum absolute atomic E-state index is 0.0468. The summed E-state index contributed by atoms with van der Waals surface area (Å²) in [5.74, 6) is 1.13. The van der Waals surface area contributed by atoms with Gasteiger partial charge in [0.25, 0.3) is 5.91 Å². The van der Waals surface area contributed by atoms with Crippen molar-refractivity contribution in [3.8, 4) is 0 Å². The molecule has 2 unspecified atom stereocenters. The lowest BCUT2D eigenvalue weighted by Crippen LogP contribution is -2.40. The third-order valence-corrected chi connectivity index (χ3v) is 6.74. The number of rotatable bonds is 6. The highest BCUT2D eigenvalue weighted by Gasteiger charge is 2.53. The predicted molar refractivity (Wildman–Crippen MR) is 98.5 cm³/mol. The Hall–Kier alpha value is -1.85. The van der Waals surface area contributed by atoms with Crippen molar-refractivity contribution in [3.05, 3.63) is 18.2 Å². The molecule has 1 saturated heterocycles. The van der Waals surface area contributed by atoms with Crippen LogP contribution in [0.5, 0.6) is 0 Å². The van der Waals surface area contributed by atoms with Crippen LogP contribution in [0, 0.1) is 17.3 Å². The standard InChI is InChI=1S/C20H30N4O2/c1-3-23-12-17(21-13-23)19(26)22-14(2)16-4-7-24(11-16)18(25)8-15-9-20(10-15)5-6-20/h12-16H,3-11H2,1-2H3,(H,22,26). The van der Waals surface area contributed by atoms with Crippen molar-refractivity contribution in [3.63, 3.8) is 0 Å². The van der Waals surface area contributed by atoms with Gasteiger partial charge in [-0.25, -0.2) is 4.98 Å². The monoisotopic (exact) mass is 358 g/mol. The van der Waals surface area contributed by atoms with Crippen molar-refractivity contribution < 1.29 is 9.59 Å². The molecule has 1 aliphatic heterocycles. The Morgan fingerprint density at radius 2 is 2.15 bits per heavy atom. The minimum atomic E-state index is -0.126. The fourth-order valence-electron chi connectivity index (χ4n) is 4.74. The van der Waals surface area contributed by atoms with Crippen LogP contribution in [0.2, 0.25) is 0 Å². The number of nitrogens with one attached hydrogen (secondary N) is 1. The molecule has 2 aliphatic carbocycles. The summed E-state index contributed by atoms with van der Waals surface area (Å²) in [5.41, 5.74) is 1.13. The van der Waals surface area contributed by atoms with Crippen molar-refractivity contribution in [1.82, 2.24) is 19.8 Å². The summed E-state index contributed by atoms with van der Waals surface area (Å²) in [6.45, 7) is 6.45. The first-order valence-electron chi connectivity index (χ1n) is 10.1. The Labute approximate surface area is 155 Å². The van der Waals surface area contributed by atoms with Crippen molar-refractivity contribution in [2.45, 2.75) is 65.0 Å².